The van der Waals surface area contributed by atoms with E-state index in [1.165, 1.54) is 12.1 Å². The minimum atomic E-state index is -1.06. The topological polar surface area (TPSA) is 90.4 Å². The Labute approximate surface area is 123 Å². The minimum absolute atomic E-state index is 0.0470. The van der Waals surface area contributed by atoms with Gasteiger partial charge in [-0.3, -0.25) is 4.68 Å². The van der Waals surface area contributed by atoms with E-state index < -0.39 is 5.97 Å². The van der Waals surface area contributed by atoms with Gasteiger partial charge in [-0.2, -0.15) is 5.10 Å². The highest BCUT2D eigenvalue weighted by Gasteiger charge is 2.11. The third kappa shape index (κ3) is 3.34. The van der Waals surface area contributed by atoms with Crippen molar-refractivity contribution in [3.8, 4) is 5.75 Å². The first-order valence-corrected chi connectivity index (χ1v) is 6.86. The van der Waals surface area contributed by atoms with Crippen molar-refractivity contribution in [2.75, 3.05) is 5.73 Å². The maximum atomic E-state index is 11.0. The van der Waals surface area contributed by atoms with Crippen molar-refractivity contribution in [3.05, 3.63) is 41.2 Å². The van der Waals surface area contributed by atoms with Gasteiger partial charge in [0.2, 0.25) is 0 Å². The van der Waals surface area contributed by atoms with Crippen molar-refractivity contribution in [2.45, 2.75) is 33.4 Å². The monoisotopic (exact) mass is 289 g/mol. The first kappa shape index (κ1) is 14.9. The summed E-state index contributed by atoms with van der Waals surface area (Å²) in [6, 6.07) is 6.63. The summed E-state index contributed by atoms with van der Waals surface area (Å²) in [5.74, 6) is -0.590. The molecule has 0 aliphatic heterocycles. The number of benzene rings is 1. The van der Waals surface area contributed by atoms with E-state index in [1.807, 2.05) is 24.6 Å². The molecule has 0 aliphatic carbocycles. The molecule has 0 atom stereocenters. The standard InChI is InChI=1S/C15H19N3O3/c1-3-10-7-11(18(4-2)17-10)9-21-12-5-6-14(16)13(8-12)15(19)20/h5-8H,3-4,9,16H2,1-2H3,(H,19,20). The second kappa shape index (κ2) is 6.30. The molecule has 0 radical (unpaired) electrons. The summed E-state index contributed by atoms with van der Waals surface area (Å²) >= 11 is 0. The SMILES string of the molecule is CCc1cc(COc2ccc(N)c(C(=O)O)c2)n(CC)n1. The van der Waals surface area contributed by atoms with Crippen molar-refractivity contribution in [1.82, 2.24) is 9.78 Å². The van der Waals surface area contributed by atoms with Crippen LogP contribution in [0.1, 0.15) is 35.6 Å². The second-order valence-electron chi connectivity index (χ2n) is 4.64. The lowest BCUT2D eigenvalue weighted by Gasteiger charge is -2.09. The van der Waals surface area contributed by atoms with Gasteiger partial charge in [-0.1, -0.05) is 6.92 Å². The zero-order valence-corrected chi connectivity index (χ0v) is 12.2. The van der Waals surface area contributed by atoms with Gasteiger partial charge in [0, 0.05) is 12.2 Å². The number of carboxylic acids is 1. The Kier molecular flexibility index (Phi) is 4.47. The average Bonchev–Trinajstić information content (AvgIpc) is 2.88. The molecule has 2 aromatic rings. The number of carbonyl (C=O) groups is 1. The number of nitrogens with two attached hydrogens (primary N) is 1. The van der Waals surface area contributed by atoms with Crippen LogP contribution in [0.25, 0.3) is 0 Å². The smallest absolute Gasteiger partial charge is 0.337 e. The third-order valence-corrected chi connectivity index (χ3v) is 3.22. The van der Waals surface area contributed by atoms with Gasteiger partial charge in [-0.15, -0.1) is 0 Å². The Bertz CT molecular complexity index is 650. The molecule has 112 valence electrons. The van der Waals surface area contributed by atoms with Crippen molar-refractivity contribution in [3.63, 3.8) is 0 Å². The highest BCUT2D eigenvalue weighted by atomic mass is 16.5. The molecule has 1 heterocycles. The molecular weight excluding hydrogens is 270 g/mol. The average molecular weight is 289 g/mol. The van der Waals surface area contributed by atoms with Crippen LogP contribution in [0, 0.1) is 0 Å². The maximum absolute atomic E-state index is 11.0. The molecule has 0 bridgehead atoms. The molecule has 0 aliphatic rings. The van der Waals surface area contributed by atoms with Gasteiger partial charge in [0.25, 0.3) is 0 Å². The molecule has 0 spiro atoms. The largest absolute Gasteiger partial charge is 0.487 e. The molecule has 0 amide bonds. The third-order valence-electron chi connectivity index (χ3n) is 3.22. The number of carboxylic acid groups (broad SMARTS) is 1. The maximum Gasteiger partial charge on any atom is 0.337 e. The Morgan fingerprint density at radius 3 is 2.76 bits per heavy atom. The van der Waals surface area contributed by atoms with Crippen LogP contribution in [0.4, 0.5) is 5.69 Å². The Morgan fingerprint density at radius 1 is 1.38 bits per heavy atom. The number of anilines is 1. The molecule has 6 heteroatoms. The molecule has 0 fully saturated rings. The van der Waals surface area contributed by atoms with Crippen LogP contribution >= 0.6 is 0 Å². The molecule has 1 aromatic carbocycles. The highest BCUT2D eigenvalue weighted by Crippen LogP contribution is 2.21. The van der Waals surface area contributed by atoms with E-state index in [1.54, 1.807) is 6.07 Å². The van der Waals surface area contributed by atoms with Crippen LogP contribution < -0.4 is 10.5 Å². The molecule has 0 unspecified atom stereocenters. The molecule has 2 rings (SSSR count). The number of rotatable bonds is 6. The van der Waals surface area contributed by atoms with Gasteiger partial charge in [0.05, 0.1) is 17.0 Å². The molecule has 3 N–H and O–H groups in total. The molecule has 0 saturated heterocycles. The van der Waals surface area contributed by atoms with E-state index in [0.29, 0.717) is 12.4 Å². The second-order valence-corrected chi connectivity index (χ2v) is 4.64. The molecule has 0 saturated carbocycles. The summed E-state index contributed by atoms with van der Waals surface area (Å²) in [6.07, 6.45) is 0.866. The highest BCUT2D eigenvalue weighted by molar-refractivity contribution is 5.94. The van der Waals surface area contributed by atoms with Crippen molar-refractivity contribution in [1.29, 1.82) is 0 Å². The van der Waals surface area contributed by atoms with Crippen LogP contribution in [0.2, 0.25) is 0 Å². The Hall–Kier alpha value is -2.50. The number of hydrogen-bond acceptors (Lipinski definition) is 4. The van der Waals surface area contributed by atoms with Crippen LogP contribution in [-0.2, 0) is 19.6 Å². The zero-order chi connectivity index (χ0) is 15.4. The normalized spacial score (nSPS) is 10.6. The fourth-order valence-corrected chi connectivity index (χ4v) is 2.05. The molecular formula is C15H19N3O3. The summed E-state index contributed by atoms with van der Waals surface area (Å²) in [6.45, 7) is 5.17. The van der Waals surface area contributed by atoms with E-state index in [2.05, 4.69) is 5.10 Å². The number of aryl methyl sites for hydroxylation is 2. The van der Waals surface area contributed by atoms with Gasteiger partial charge in [-0.05, 0) is 37.6 Å². The van der Waals surface area contributed by atoms with E-state index in [9.17, 15) is 4.79 Å². The Balaban J connectivity index is 2.14. The van der Waals surface area contributed by atoms with Gasteiger partial charge in [0.15, 0.2) is 0 Å². The minimum Gasteiger partial charge on any atom is -0.487 e. The van der Waals surface area contributed by atoms with Crippen molar-refractivity contribution >= 4 is 11.7 Å². The predicted octanol–water partition coefficient (Wildman–Crippen LogP) is 2.32. The van der Waals surface area contributed by atoms with Crippen molar-refractivity contribution < 1.29 is 14.6 Å². The first-order valence-electron chi connectivity index (χ1n) is 6.86. The fraction of sp³-hybridized carbons (Fsp3) is 0.333. The van der Waals surface area contributed by atoms with Crippen LogP contribution in [0.5, 0.6) is 5.75 Å². The summed E-state index contributed by atoms with van der Waals surface area (Å²) in [4.78, 5) is 11.0. The van der Waals surface area contributed by atoms with E-state index >= 15 is 0 Å². The van der Waals surface area contributed by atoms with Gasteiger partial charge >= 0.3 is 5.97 Å². The molecule has 6 nitrogen and oxygen atoms in total. The van der Waals surface area contributed by atoms with Gasteiger partial charge in [0.1, 0.15) is 12.4 Å². The van der Waals surface area contributed by atoms with E-state index in [4.69, 9.17) is 15.6 Å². The lowest BCUT2D eigenvalue weighted by Crippen LogP contribution is -2.07. The summed E-state index contributed by atoms with van der Waals surface area (Å²) in [5, 5.41) is 13.5. The summed E-state index contributed by atoms with van der Waals surface area (Å²) in [7, 11) is 0. The van der Waals surface area contributed by atoms with E-state index in [-0.39, 0.29) is 11.3 Å². The number of aromatic nitrogens is 2. The fourth-order valence-electron chi connectivity index (χ4n) is 2.05. The Morgan fingerprint density at radius 2 is 2.14 bits per heavy atom. The number of nitrogens with zero attached hydrogens (tertiary/aromatic N) is 2. The van der Waals surface area contributed by atoms with Crippen LogP contribution in [0.15, 0.2) is 24.3 Å². The molecule has 1 aromatic heterocycles. The van der Waals surface area contributed by atoms with Crippen molar-refractivity contribution in [2.24, 2.45) is 0 Å². The first-order chi connectivity index (χ1) is 10.0. The number of aromatic carboxylic acids is 1. The lowest BCUT2D eigenvalue weighted by atomic mass is 10.2. The van der Waals surface area contributed by atoms with Crippen LogP contribution in [-0.4, -0.2) is 20.9 Å². The number of ether oxygens (including phenoxy) is 1. The summed E-state index contributed by atoms with van der Waals surface area (Å²) < 4.78 is 7.54. The zero-order valence-electron chi connectivity index (χ0n) is 12.2. The number of hydrogen-bond donors (Lipinski definition) is 2. The van der Waals surface area contributed by atoms with E-state index in [0.717, 1.165) is 24.4 Å². The number of nitrogen functional groups attached to an aromatic ring is 1. The lowest BCUT2D eigenvalue weighted by molar-refractivity contribution is 0.0697. The summed E-state index contributed by atoms with van der Waals surface area (Å²) in [5.41, 5.74) is 7.86. The van der Waals surface area contributed by atoms with Gasteiger partial charge in [-0.25, -0.2) is 4.79 Å². The predicted molar refractivity (Wildman–Crippen MR) is 79.4 cm³/mol. The van der Waals surface area contributed by atoms with Gasteiger partial charge < -0.3 is 15.6 Å². The van der Waals surface area contributed by atoms with Crippen LogP contribution in [0.3, 0.4) is 0 Å². The quantitative estimate of drug-likeness (QED) is 0.796. The molecule has 21 heavy (non-hydrogen) atoms.